The van der Waals surface area contributed by atoms with E-state index < -0.39 is 5.54 Å². The molecular weight excluding hydrogens is 358 g/mol. The van der Waals surface area contributed by atoms with E-state index in [1.54, 1.807) is 7.11 Å². The molecule has 1 amide bonds. The van der Waals surface area contributed by atoms with Crippen LogP contribution in [0.1, 0.15) is 44.2 Å². The summed E-state index contributed by atoms with van der Waals surface area (Å²) < 4.78 is 6.09. The van der Waals surface area contributed by atoms with Gasteiger partial charge in [-0.3, -0.25) is 4.79 Å². The lowest BCUT2D eigenvalue weighted by Crippen LogP contribution is -2.48. The van der Waals surface area contributed by atoms with Crippen LogP contribution in [0.15, 0.2) is 22.7 Å². The van der Waals surface area contributed by atoms with Gasteiger partial charge in [-0.2, -0.15) is 5.26 Å². The molecule has 2 rings (SSSR count). The summed E-state index contributed by atoms with van der Waals surface area (Å²) in [5.41, 5.74) is 0.395. The minimum atomic E-state index is -0.662. The molecule has 1 atom stereocenters. The van der Waals surface area contributed by atoms with Gasteiger partial charge in [0, 0.05) is 6.04 Å². The second-order valence-electron chi connectivity index (χ2n) is 5.95. The predicted octanol–water partition coefficient (Wildman–Crippen LogP) is 3.06. The van der Waals surface area contributed by atoms with Gasteiger partial charge < -0.3 is 15.4 Å². The quantitative estimate of drug-likeness (QED) is 0.796. The van der Waals surface area contributed by atoms with Crippen LogP contribution < -0.4 is 15.4 Å². The first-order valence-corrected chi connectivity index (χ1v) is 8.58. The largest absolute Gasteiger partial charge is 0.496 e. The van der Waals surface area contributed by atoms with Gasteiger partial charge in [0.15, 0.2) is 0 Å². The van der Waals surface area contributed by atoms with Crippen molar-refractivity contribution in [2.75, 3.05) is 13.7 Å². The highest BCUT2D eigenvalue weighted by atomic mass is 79.9. The van der Waals surface area contributed by atoms with E-state index in [1.807, 2.05) is 25.1 Å². The Balaban J connectivity index is 1.88. The van der Waals surface area contributed by atoms with E-state index in [2.05, 4.69) is 32.6 Å². The zero-order chi connectivity index (χ0) is 16.9. The SMILES string of the molecule is COc1ccc([C@@H](C)NCC(=O)NC2(C#N)CCCC2)cc1Br. The minimum absolute atomic E-state index is 0.0181. The fourth-order valence-electron chi connectivity index (χ4n) is 2.87. The number of ether oxygens (including phenoxy) is 1. The molecule has 1 aliphatic carbocycles. The summed E-state index contributed by atoms with van der Waals surface area (Å²) in [5.74, 6) is 0.642. The number of amides is 1. The Morgan fingerprint density at radius 3 is 2.74 bits per heavy atom. The molecule has 0 unspecified atom stereocenters. The van der Waals surface area contributed by atoms with Gasteiger partial charge in [-0.1, -0.05) is 6.07 Å². The monoisotopic (exact) mass is 379 g/mol. The van der Waals surface area contributed by atoms with Crippen LogP contribution in [0.3, 0.4) is 0 Å². The van der Waals surface area contributed by atoms with Crippen LogP contribution in [0.2, 0.25) is 0 Å². The Labute approximate surface area is 145 Å². The van der Waals surface area contributed by atoms with Gasteiger partial charge in [0.25, 0.3) is 0 Å². The van der Waals surface area contributed by atoms with Crippen molar-refractivity contribution in [3.8, 4) is 11.8 Å². The van der Waals surface area contributed by atoms with Gasteiger partial charge in [0.1, 0.15) is 11.3 Å². The molecule has 124 valence electrons. The fraction of sp³-hybridized carbons (Fsp3) is 0.529. The second kappa shape index (κ2) is 7.80. The van der Waals surface area contributed by atoms with E-state index >= 15 is 0 Å². The maximum absolute atomic E-state index is 12.1. The first-order chi connectivity index (χ1) is 11.0. The van der Waals surface area contributed by atoms with E-state index in [-0.39, 0.29) is 18.5 Å². The number of benzene rings is 1. The summed E-state index contributed by atoms with van der Waals surface area (Å²) in [4.78, 5) is 12.1. The van der Waals surface area contributed by atoms with Crippen molar-refractivity contribution in [3.05, 3.63) is 28.2 Å². The smallest absolute Gasteiger partial charge is 0.235 e. The lowest BCUT2D eigenvalue weighted by atomic mass is 10.00. The van der Waals surface area contributed by atoms with Crippen molar-refractivity contribution < 1.29 is 9.53 Å². The molecule has 5 nitrogen and oxygen atoms in total. The predicted molar refractivity (Wildman–Crippen MR) is 92.1 cm³/mol. The Kier molecular flexibility index (Phi) is 6.03. The molecule has 2 N–H and O–H groups in total. The summed E-state index contributed by atoms with van der Waals surface area (Å²) in [5, 5.41) is 15.4. The summed E-state index contributed by atoms with van der Waals surface area (Å²) >= 11 is 3.46. The topological polar surface area (TPSA) is 74.2 Å². The van der Waals surface area contributed by atoms with Gasteiger partial charge in [0.05, 0.1) is 24.2 Å². The van der Waals surface area contributed by atoms with Crippen molar-refractivity contribution in [2.45, 2.75) is 44.2 Å². The third kappa shape index (κ3) is 4.46. The number of methoxy groups -OCH3 is 1. The average Bonchev–Trinajstić information content (AvgIpc) is 3.01. The van der Waals surface area contributed by atoms with Crippen molar-refractivity contribution in [3.63, 3.8) is 0 Å². The molecule has 1 saturated carbocycles. The highest BCUT2D eigenvalue weighted by molar-refractivity contribution is 9.10. The van der Waals surface area contributed by atoms with Gasteiger partial charge >= 0.3 is 0 Å². The van der Waals surface area contributed by atoms with Crippen molar-refractivity contribution in [2.24, 2.45) is 0 Å². The van der Waals surface area contributed by atoms with Gasteiger partial charge in [0.2, 0.25) is 5.91 Å². The zero-order valence-electron chi connectivity index (χ0n) is 13.5. The molecule has 0 bridgehead atoms. The minimum Gasteiger partial charge on any atom is -0.496 e. The second-order valence-corrected chi connectivity index (χ2v) is 6.80. The summed E-state index contributed by atoms with van der Waals surface area (Å²) in [6.07, 6.45) is 3.49. The molecule has 0 radical (unpaired) electrons. The van der Waals surface area contributed by atoms with Crippen LogP contribution in [0.5, 0.6) is 5.75 Å². The Bertz CT molecular complexity index is 606. The first kappa shape index (κ1) is 17.8. The first-order valence-electron chi connectivity index (χ1n) is 7.79. The number of halogens is 1. The molecule has 1 aromatic carbocycles. The highest BCUT2D eigenvalue weighted by Crippen LogP contribution is 2.29. The third-order valence-electron chi connectivity index (χ3n) is 4.29. The van der Waals surface area contributed by atoms with Crippen molar-refractivity contribution in [1.29, 1.82) is 5.26 Å². The molecular formula is C17H22BrN3O2. The number of nitriles is 1. The van der Waals surface area contributed by atoms with E-state index in [1.165, 1.54) is 0 Å². The molecule has 1 fully saturated rings. The molecule has 0 heterocycles. The molecule has 23 heavy (non-hydrogen) atoms. The van der Waals surface area contributed by atoms with E-state index in [4.69, 9.17) is 4.74 Å². The number of hydrogen-bond acceptors (Lipinski definition) is 4. The summed E-state index contributed by atoms with van der Waals surface area (Å²) in [6.45, 7) is 2.19. The van der Waals surface area contributed by atoms with Crippen molar-refractivity contribution >= 4 is 21.8 Å². The van der Waals surface area contributed by atoms with Crippen LogP contribution >= 0.6 is 15.9 Å². The van der Waals surface area contributed by atoms with E-state index in [0.717, 1.165) is 41.5 Å². The fourth-order valence-corrected chi connectivity index (χ4v) is 3.43. The molecule has 0 aromatic heterocycles. The normalized spacial score (nSPS) is 17.3. The molecule has 1 aromatic rings. The van der Waals surface area contributed by atoms with Crippen LogP contribution in [0, 0.1) is 11.3 Å². The zero-order valence-corrected chi connectivity index (χ0v) is 15.1. The Morgan fingerprint density at radius 1 is 1.48 bits per heavy atom. The number of nitrogens with zero attached hydrogens (tertiary/aromatic N) is 1. The number of rotatable bonds is 6. The van der Waals surface area contributed by atoms with Crippen LogP contribution in [-0.4, -0.2) is 25.1 Å². The molecule has 0 aliphatic heterocycles. The summed E-state index contributed by atoms with van der Waals surface area (Å²) in [7, 11) is 1.62. The molecule has 1 aliphatic rings. The van der Waals surface area contributed by atoms with Crippen LogP contribution in [-0.2, 0) is 4.79 Å². The number of hydrogen-bond donors (Lipinski definition) is 2. The van der Waals surface area contributed by atoms with Gasteiger partial charge in [-0.25, -0.2) is 0 Å². The Hall–Kier alpha value is -1.58. The van der Waals surface area contributed by atoms with Crippen molar-refractivity contribution in [1.82, 2.24) is 10.6 Å². The van der Waals surface area contributed by atoms with E-state index in [9.17, 15) is 10.1 Å². The maximum atomic E-state index is 12.1. The lowest BCUT2D eigenvalue weighted by Gasteiger charge is -2.23. The molecule has 0 saturated heterocycles. The van der Waals surface area contributed by atoms with E-state index in [0.29, 0.717) is 0 Å². The van der Waals surface area contributed by atoms with Crippen LogP contribution in [0.25, 0.3) is 0 Å². The third-order valence-corrected chi connectivity index (χ3v) is 4.91. The molecule has 0 spiro atoms. The van der Waals surface area contributed by atoms with Gasteiger partial charge in [-0.05, 0) is 66.2 Å². The summed E-state index contributed by atoms with van der Waals surface area (Å²) in [6, 6.07) is 8.12. The number of carbonyl (C=O) groups excluding carboxylic acids is 1. The van der Waals surface area contributed by atoms with Crippen LogP contribution in [0.4, 0.5) is 0 Å². The van der Waals surface area contributed by atoms with Gasteiger partial charge in [-0.15, -0.1) is 0 Å². The molecule has 6 heteroatoms. The Morgan fingerprint density at radius 2 is 2.17 bits per heavy atom. The lowest BCUT2D eigenvalue weighted by molar-refractivity contribution is -0.121. The standard InChI is InChI=1S/C17H22BrN3O2/c1-12(13-5-6-15(23-2)14(18)9-13)20-10-16(22)21-17(11-19)7-3-4-8-17/h5-6,9,12,20H,3-4,7-8,10H2,1-2H3,(H,21,22)/t12-/m1/s1. The number of nitrogens with one attached hydrogen (secondary N) is 2. The highest BCUT2D eigenvalue weighted by Gasteiger charge is 2.35. The maximum Gasteiger partial charge on any atom is 0.235 e. The average molecular weight is 380 g/mol. The number of carbonyl (C=O) groups is 1.